The number of hydrogen-bond acceptors (Lipinski definition) is 4. The van der Waals surface area contributed by atoms with Crippen LogP contribution in [0.25, 0.3) is 5.82 Å². The van der Waals surface area contributed by atoms with Gasteiger partial charge >= 0.3 is 0 Å². The summed E-state index contributed by atoms with van der Waals surface area (Å²) in [5, 5.41) is 7.56. The average Bonchev–Trinajstić information content (AvgIpc) is 3.49. The molecule has 4 aromatic rings. The minimum absolute atomic E-state index is 0.0727. The van der Waals surface area contributed by atoms with Crippen LogP contribution in [0.1, 0.15) is 35.5 Å². The molecule has 1 amide bonds. The average molecular weight is 517 g/mol. The normalized spacial score (nSPS) is 17.2. The highest BCUT2D eigenvalue weighted by atomic mass is 35.5. The predicted molar refractivity (Wildman–Crippen MR) is 145 cm³/mol. The molecular weight excluding hydrogens is 492 g/mol. The van der Waals surface area contributed by atoms with Crippen molar-refractivity contribution in [2.75, 3.05) is 11.9 Å². The third kappa shape index (κ3) is 5.10. The monoisotopic (exact) mass is 516 g/mol. The molecule has 1 aliphatic heterocycles. The lowest BCUT2D eigenvalue weighted by atomic mass is 10.0. The van der Waals surface area contributed by atoms with Gasteiger partial charge in [-0.05, 0) is 67.7 Å². The van der Waals surface area contributed by atoms with E-state index in [9.17, 15) is 4.79 Å². The van der Waals surface area contributed by atoms with E-state index in [0.717, 1.165) is 28.5 Å². The topological polar surface area (TPSA) is 75.1 Å². The first-order valence-corrected chi connectivity index (χ1v) is 12.4. The summed E-state index contributed by atoms with van der Waals surface area (Å²) >= 11 is 11.8. The number of benzene rings is 1. The summed E-state index contributed by atoms with van der Waals surface area (Å²) in [5.41, 5.74) is 3.77. The second-order valence-corrected chi connectivity index (χ2v) is 9.45. The minimum atomic E-state index is -0.202. The Morgan fingerprint density at radius 2 is 1.92 bits per heavy atom. The predicted octanol–water partition coefficient (Wildman–Crippen LogP) is 5.23. The molecule has 0 bridgehead atoms. The van der Waals surface area contributed by atoms with Crippen molar-refractivity contribution in [1.82, 2.24) is 24.8 Å². The van der Waals surface area contributed by atoms with Crippen LogP contribution in [-0.4, -0.2) is 37.0 Å². The van der Waals surface area contributed by atoms with E-state index in [1.165, 1.54) is 0 Å². The highest BCUT2D eigenvalue weighted by Crippen LogP contribution is 2.39. The number of hydrogen-bond donors (Lipinski definition) is 2. The van der Waals surface area contributed by atoms with Crippen molar-refractivity contribution in [2.45, 2.75) is 25.4 Å². The van der Waals surface area contributed by atoms with Crippen molar-refractivity contribution >= 4 is 40.5 Å². The van der Waals surface area contributed by atoms with Gasteiger partial charge in [0.2, 0.25) is 5.91 Å². The number of anilines is 1. The van der Waals surface area contributed by atoms with Gasteiger partial charge in [0, 0.05) is 42.9 Å². The van der Waals surface area contributed by atoms with E-state index in [1.54, 1.807) is 12.4 Å². The molecule has 1 saturated heterocycles. The molecule has 36 heavy (non-hydrogen) atoms. The van der Waals surface area contributed by atoms with E-state index in [4.69, 9.17) is 23.8 Å². The number of halogens is 1. The molecule has 0 radical (unpaired) electrons. The zero-order valence-corrected chi connectivity index (χ0v) is 21.2. The van der Waals surface area contributed by atoms with Crippen molar-refractivity contribution in [3.05, 3.63) is 107 Å². The van der Waals surface area contributed by atoms with Crippen LogP contribution in [0.4, 0.5) is 5.69 Å². The Hall–Kier alpha value is -3.75. The van der Waals surface area contributed by atoms with Crippen LogP contribution >= 0.6 is 23.8 Å². The summed E-state index contributed by atoms with van der Waals surface area (Å²) in [6.07, 6.45) is 5.64. The lowest BCUT2D eigenvalue weighted by Crippen LogP contribution is -2.33. The van der Waals surface area contributed by atoms with Crippen molar-refractivity contribution in [1.29, 1.82) is 0 Å². The zero-order chi connectivity index (χ0) is 25.1. The van der Waals surface area contributed by atoms with Crippen molar-refractivity contribution in [3.8, 4) is 5.82 Å². The first kappa shape index (κ1) is 24.0. The van der Waals surface area contributed by atoms with E-state index in [0.29, 0.717) is 16.7 Å². The Morgan fingerprint density at radius 1 is 1.08 bits per heavy atom. The second kappa shape index (κ2) is 10.5. The third-order valence-corrected chi connectivity index (χ3v) is 6.73. The number of nitrogens with one attached hydrogen (secondary N) is 2. The zero-order valence-electron chi connectivity index (χ0n) is 19.6. The highest BCUT2D eigenvalue weighted by molar-refractivity contribution is 7.80. The summed E-state index contributed by atoms with van der Waals surface area (Å²) in [6, 6.07) is 20.9. The van der Waals surface area contributed by atoms with E-state index >= 15 is 0 Å². The summed E-state index contributed by atoms with van der Waals surface area (Å²) < 4.78 is 2.02. The smallest absolute Gasteiger partial charge is 0.226 e. The van der Waals surface area contributed by atoms with Gasteiger partial charge in [-0.2, -0.15) is 0 Å². The van der Waals surface area contributed by atoms with Gasteiger partial charge in [0.05, 0.1) is 22.8 Å². The molecule has 182 valence electrons. The molecule has 2 N–H and O–H groups in total. The van der Waals surface area contributed by atoms with Gasteiger partial charge in [0.15, 0.2) is 5.11 Å². The first-order chi connectivity index (χ1) is 17.5. The second-order valence-electron chi connectivity index (χ2n) is 8.62. The number of nitrogens with zero attached hydrogens (tertiary/aromatic N) is 4. The molecule has 7 nitrogen and oxygen atoms in total. The Labute approximate surface area is 220 Å². The maximum absolute atomic E-state index is 12.8. The van der Waals surface area contributed by atoms with E-state index < -0.39 is 0 Å². The highest BCUT2D eigenvalue weighted by Gasteiger charge is 2.41. The molecule has 1 aliphatic rings. The Morgan fingerprint density at radius 3 is 2.64 bits per heavy atom. The maximum atomic E-state index is 12.8. The minimum Gasteiger partial charge on any atom is -0.352 e. The molecule has 0 unspecified atom stereocenters. The number of rotatable bonds is 7. The summed E-state index contributed by atoms with van der Waals surface area (Å²) in [6.45, 7) is 2.46. The molecular formula is C27H25ClN6OS. The Balaban J connectivity index is 1.43. The van der Waals surface area contributed by atoms with Crippen LogP contribution < -0.4 is 10.6 Å². The number of amides is 1. The van der Waals surface area contributed by atoms with E-state index in [-0.39, 0.29) is 24.4 Å². The first-order valence-electron chi connectivity index (χ1n) is 11.6. The maximum Gasteiger partial charge on any atom is 0.226 e. The summed E-state index contributed by atoms with van der Waals surface area (Å²) in [4.78, 5) is 23.9. The fourth-order valence-electron chi connectivity index (χ4n) is 4.40. The summed E-state index contributed by atoms with van der Waals surface area (Å²) in [5.74, 6) is 0.672. The van der Waals surface area contributed by atoms with Gasteiger partial charge < -0.3 is 20.1 Å². The number of carbonyl (C=O) groups is 1. The molecule has 1 fully saturated rings. The molecule has 0 saturated carbocycles. The Bertz CT molecular complexity index is 1360. The summed E-state index contributed by atoms with van der Waals surface area (Å²) in [7, 11) is 0. The third-order valence-electron chi connectivity index (χ3n) is 6.15. The number of carbonyl (C=O) groups excluding carboxylic acids is 1. The van der Waals surface area contributed by atoms with Crippen molar-refractivity contribution in [3.63, 3.8) is 0 Å². The van der Waals surface area contributed by atoms with Crippen LogP contribution in [0.15, 0.2) is 85.3 Å². The molecule has 2 atom stereocenters. The lowest BCUT2D eigenvalue weighted by Gasteiger charge is -2.28. The van der Waals surface area contributed by atoms with Gasteiger partial charge in [0.25, 0.3) is 0 Å². The van der Waals surface area contributed by atoms with Gasteiger partial charge in [0.1, 0.15) is 5.82 Å². The van der Waals surface area contributed by atoms with Gasteiger partial charge in [-0.3, -0.25) is 9.78 Å². The molecule has 3 aromatic heterocycles. The van der Waals surface area contributed by atoms with E-state index in [2.05, 4.69) is 25.5 Å². The van der Waals surface area contributed by atoms with Crippen LogP contribution in [0.2, 0.25) is 5.02 Å². The molecule has 4 heterocycles. The van der Waals surface area contributed by atoms with Crippen LogP contribution in [0.5, 0.6) is 0 Å². The van der Waals surface area contributed by atoms with Crippen LogP contribution in [0.3, 0.4) is 0 Å². The number of aromatic nitrogens is 3. The molecule has 5 rings (SSSR count). The number of thiocarbonyl (C=S) groups is 1. The van der Waals surface area contributed by atoms with Crippen LogP contribution in [-0.2, 0) is 4.79 Å². The Kier molecular flexibility index (Phi) is 6.97. The van der Waals surface area contributed by atoms with Gasteiger partial charge in [-0.15, -0.1) is 0 Å². The van der Waals surface area contributed by atoms with Gasteiger partial charge in [-0.25, -0.2) is 4.98 Å². The standard InChI is InChI=1S/C27H25ClN6OS/c1-18-7-10-20(11-8-18)31-24(35)13-16-34-26(25(32-27(34)36)21-5-2-3-14-29-21)22-6-4-15-33(22)23-12-9-19(28)17-30-23/h2-12,14-15,17,25-26H,13,16H2,1H3,(H,31,35)(H,32,36)/t25-,26+/m1/s1. The largest absolute Gasteiger partial charge is 0.352 e. The fraction of sp³-hybridized carbons (Fsp3) is 0.185. The fourth-order valence-corrected chi connectivity index (χ4v) is 4.85. The number of pyridine rings is 2. The molecule has 0 spiro atoms. The quantitative estimate of drug-likeness (QED) is 0.328. The molecule has 9 heteroatoms. The lowest BCUT2D eigenvalue weighted by molar-refractivity contribution is -0.116. The van der Waals surface area contributed by atoms with Crippen LogP contribution in [0, 0.1) is 6.92 Å². The molecule has 0 aliphatic carbocycles. The van der Waals surface area contributed by atoms with Gasteiger partial charge in [-0.1, -0.05) is 35.4 Å². The molecule has 1 aromatic carbocycles. The van der Waals surface area contributed by atoms with Crippen molar-refractivity contribution in [2.24, 2.45) is 0 Å². The number of aryl methyl sites for hydroxylation is 1. The SMILES string of the molecule is Cc1ccc(NC(=O)CCN2C(=S)N[C@H](c3ccccn3)[C@@H]2c2cccn2-c2ccc(Cl)cn2)cc1. The van der Waals surface area contributed by atoms with E-state index in [1.807, 2.05) is 84.4 Å². The van der Waals surface area contributed by atoms with Crippen molar-refractivity contribution < 1.29 is 4.79 Å².